The number of hydrogen-bond acceptors (Lipinski definition) is 5. The molecule has 0 fully saturated rings. The molecule has 23 heavy (non-hydrogen) atoms. The standard InChI is InChI=1S/C16H16ClN3O3/c1-2-23-13(21)9-8-12-15(18)14(17)16(22)20(19-12)10-11-6-4-3-5-7-11/h3-9H,2,10,18H2,1H3/b9-8+. The van der Waals surface area contributed by atoms with Gasteiger partial charge in [-0.2, -0.15) is 5.10 Å². The Morgan fingerprint density at radius 1 is 1.39 bits per heavy atom. The van der Waals surface area contributed by atoms with E-state index in [1.807, 2.05) is 30.3 Å². The van der Waals surface area contributed by atoms with Crippen LogP contribution in [0.25, 0.3) is 6.08 Å². The van der Waals surface area contributed by atoms with Crippen LogP contribution in [0.4, 0.5) is 5.69 Å². The van der Waals surface area contributed by atoms with Crippen LogP contribution in [0, 0.1) is 0 Å². The summed E-state index contributed by atoms with van der Waals surface area (Å²) in [6.45, 7) is 2.22. The van der Waals surface area contributed by atoms with Crippen LogP contribution in [0.1, 0.15) is 18.2 Å². The molecule has 0 radical (unpaired) electrons. The molecule has 0 saturated heterocycles. The quantitative estimate of drug-likeness (QED) is 0.668. The molecule has 6 nitrogen and oxygen atoms in total. The fraction of sp³-hybridized carbons (Fsp3) is 0.188. The van der Waals surface area contributed by atoms with Gasteiger partial charge < -0.3 is 10.5 Å². The van der Waals surface area contributed by atoms with Gasteiger partial charge in [-0.1, -0.05) is 41.9 Å². The molecular weight excluding hydrogens is 318 g/mol. The van der Waals surface area contributed by atoms with Crippen molar-refractivity contribution in [1.82, 2.24) is 9.78 Å². The molecule has 1 aromatic heterocycles. The van der Waals surface area contributed by atoms with Crippen LogP contribution in [0.5, 0.6) is 0 Å². The molecular formula is C16H16ClN3O3. The average Bonchev–Trinajstić information content (AvgIpc) is 2.55. The summed E-state index contributed by atoms with van der Waals surface area (Å²) in [6, 6.07) is 9.34. The molecule has 7 heteroatoms. The Bertz CT molecular complexity index is 785. The molecule has 2 rings (SSSR count). The van der Waals surface area contributed by atoms with Gasteiger partial charge in [-0.25, -0.2) is 9.48 Å². The monoisotopic (exact) mass is 333 g/mol. The third-order valence-corrected chi connectivity index (χ3v) is 3.37. The molecule has 0 spiro atoms. The molecule has 2 N–H and O–H groups in total. The number of nitrogen functional groups attached to an aromatic ring is 1. The Balaban J connectivity index is 2.37. The summed E-state index contributed by atoms with van der Waals surface area (Å²) in [5, 5.41) is 4.03. The number of esters is 1. The van der Waals surface area contributed by atoms with Crippen molar-refractivity contribution in [1.29, 1.82) is 0 Å². The maximum Gasteiger partial charge on any atom is 0.330 e. The van der Waals surface area contributed by atoms with E-state index in [2.05, 4.69) is 5.10 Å². The number of anilines is 1. The van der Waals surface area contributed by atoms with Crippen molar-refractivity contribution in [3.8, 4) is 0 Å². The average molecular weight is 334 g/mol. The molecule has 0 aliphatic rings. The Kier molecular flexibility index (Phi) is 5.54. The minimum atomic E-state index is -0.523. The highest BCUT2D eigenvalue weighted by Gasteiger charge is 2.12. The smallest absolute Gasteiger partial charge is 0.330 e. The minimum Gasteiger partial charge on any atom is -0.463 e. The SMILES string of the molecule is CCOC(=O)/C=C/c1nn(Cc2ccccc2)c(=O)c(Cl)c1N. The van der Waals surface area contributed by atoms with E-state index < -0.39 is 11.5 Å². The topological polar surface area (TPSA) is 87.2 Å². The Labute approximate surface area is 138 Å². The van der Waals surface area contributed by atoms with Crippen LogP contribution in [0.2, 0.25) is 5.02 Å². The lowest BCUT2D eigenvalue weighted by molar-refractivity contribution is -0.137. The van der Waals surface area contributed by atoms with E-state index in [1.54, 1.807) is 6.92 Å². The summed E-state index contributed by atoms with van der Waals surface area (Å²) in [6.07, 6.45) is 2.57. The van der Waals surface area contributed by atoms with Gasteiger partial charge in [-0.05, 0) is 18.6 Å². The molecule has 0 atom stereocenters. The number of rotatable bonds is 5. The first-order valence-electron chi connectivity index (χ1n) is 6.97. The third-order valence-electron chi connectivity index (χ3n) is 3.00. The predicted octanol–water partition coefficient (Wildman–Crippen LogP) is 2.10. The molecule has 0 amide bonds. The normalized spacial score (nSPS) is 10.9. The maximum absolute atomic E-state index is 12.2. The van der Waals surface area contributed by atoms with Gasteiger partial charge in [0.1, 0.15) is 10.7 Å². The Hall–Kier alpha value is -2.60. The van der Waals surface area contributed by atoms with E-state index in [0.29, 0.717) is 0 Å². The van der Waals surface area contributed by atoms with E-state index in [0.717, 1.165) is 5.56 Å². The van der Waals surface area contributed by atoms with Crippen LogP contribution in [0.15, 0.2) is 41.2 Å². The maximum atomic E-state index is 12.2. The largest absolute Gasteiger partial charge is 0.463 e. The van der Waals surface area contributed by atoms with E-state index in [-0.39, 0.29) is 29.6 Å². The van der Waals surface area contributed by atoms with Gasteiger partial charge >= 0.3 is 5.97 Å². The van der Waals surface area contributed by atoms with Gasteiger partial charge in [0, 0.05) is 6.08 Å². The van der Waals surface area contributed by atoms with Crippen molar-refractivity contribution < 1.29 is 9.53 Å². The number of nitrogens with two attached hydrogens (primary N) is 1. The van der Waals surface area contributed by atoms with Crippen LogP contribution in [0.3, 0.4) is 0 Å². The fourth-order valence-corrected chi connectivity index (χ4v) is 2.09. The number of ether oxygens (including phenoxy) is 1. The molecule has 120 valence electrons. The lowest BCUT2D eigenvalue weighted by Gasteiger charge is -2.09. The van der Waals surface area contributed by atoms with Gasteiger partial charge in [-0.3, -0.25) is 4.79 Å². The molecule has 0 aliphatic carbocycles. The lowest BCUT2D eigenvalue weighted by Crippen LogP contribution is -2.26. The number of hydrogen-bond donors (Lipinski definition) is 1. The summed E-state index contributed by atoms with van der Waals surface area (Å²) < 4.78 is 5.99. The highest BCUT2D eigenvalue weighted by atomic mass is 35.5. The zero-order chi connectivity index (χ0) is 16.8. The van der Waals surface area contributed by atoms with E-state index in [9.17, 15) is 9.59 Å². The van der Waals surface area contributed by atoms with Crippen molar-refractivity contribution in [2.75, 3.05) is 12.3 Å². The lowest BCUT2D eigenvalue weighted by atomic mass is 10.2. The molecule has 0 unspecified atom stereocenters. The van der Waals surface area contributed by atoms with Crippen molar-refractivity contribution in [3.05, 3.63) is 63.0 Å². The Morgan fingerprint density at radius 3 is 2.74 bits per heavy atom. The van der Waals surface area contributed by atoms with Crippen molar-refractivity contribution in [3.63, 3.8) is 0 Å². The molecule has 0 aliphatic heterocycles. The molecule has 0 bridgehead atoms. The van der Waals surface area contributed by atoms with Crippen LogP contribution >= 0.6 is 11.6 Å². The van der Waals surface area contributed by atoms with Gasteiger partial charge in [0.25, 0.3) is 5.56 Å². The number of carbonyl (C=O) groups excluding carboxylic acids is 1. The Morgan fingerprint density at radius 2 is 2.09 bits per heavy atom. The molecule has 1 aromatic carbocycles. The molecule has 2 aromatic rings. The zero-order valence-corrected chi connectivity index (χ0v) is 13.3. The predicted molar refractivity (Wildman–Crippen MR) is 89.1 cm³/mol. The number of halogens is 1. The number of aromatic nitrogens is 2. The summed E-state index contributed by atoms with van der Waals surface area (Å²) in [5.41, 5.74) is 6.47. The van der Waals surface area contributed by atoms with Crippen LogP contribution < -0.4 is 11.3 Å². The van der Waals surface area contributed by atoms with Crippen molar-refractivity contribution >= 4 is 29.3 Å². The summed E-state index contributed by atoms with van der Waals surface area (Å²) >= 11 is 5.98. The summed E-state index contributed by atoms with van der Waals surface area (Å²) in [5.74, 6) is -0.523. The summed E-state index contributed by atoms with van der Waals surface area (Å²) in [7, 11) is 0. The van der Waals surface area contributed by atoms with E-state index >= 15 is 0 Å². The summed E-state index contributed by atoms with van der Waals surface area (Å²) in [4.78, 5) is 23.5. The number of carbonyl (C=O) groups is 1. The fourth-order valence-electron chi connectivity index (χ4n) is 1.89. The van der Waals surface area contributed by atoms with Crippen LogP contribution in [-0.2, 0) is 16.1 Å². The first kappa shape index (κ1) is 16.8. The first-order chi connectivity index (χ1) is 11.0. The highest BCUT2D eigenvalue weighted by Crippen LogP contribution is 2.18. The number of nitrogens with zero attached hydrogens (tertiary/aromatic N) is 2. The van der Waals surface area contributed by atoms with Crippen LogP contribution in [-0.4, -0.2) is 22.4 Å². The zero-order valence-electron chi connectivity index (χ0n) is 12.5. The van der Waals surface area contributed by atoms with E-state index in [1.165, 1.54) is 16.8 Å². The molecule has 0 saturated carbocycles. The highest BCUT2D eigenvalue weighted by molar-refractivity contribution is 6.33. The van der Waals surface area contributed by atoms with Crippen molar-refractivity contribution in [2.45, 2.75) is 13.5 Å². The third kappa shape index (κ3) is 4.20. The van der Waals surface area contributed by atoms with E-state index in [4.69, 9.17) is 22.1 Å². The second-order valence-corrected chi connectivity index (χ2v) is 5.02. The van der Waals surface area contributed by atoms with Gasteiger partial charge in [0.2, 0.25) is 0 Å². The second-order valence-electron chi connectivity index (χ2n) is 4.65. The second kappa shape index (κ2) is 7.60. The number of benzene rings is 1. The van der Waals surface area contributed by atoms with Crippen molar-refractivity contribution in [2.24, 2.45) is 0 Å². The minimum absolute atomic E-state index is 0.0292. The molecule has 1 heterocycles. The van der Waals surface area contributed by atoms with Gasteiger partial charge in [0.05, 0.1) is 18.8 Å². The first-order valence-corrected chi connectivity index (χ1v) is 7.35. The van der Waals surface area contributed by atoms with Gasteiger partial charge in [0.15, 0.2) is 0 Å². The van der Waals surface area contributed by atoms with Gasteiger partial charge in [-0.15, -0.1) is 0 Å².